The molecule has 0 unspecified atom stereocenters. The van der Waals surface area contributed by atoms with Crippen molar-refractivity contribution in [2.24, 2.45) is 0 Å². The highest BCUT2D eigenvalue weighted by Gasteiger charge is 2.19. The molecule has 1 aliphatic heterocycles. The van der Waals surface area contributed by atoms with E-state index in [0.29, 0.717) is 17.7 Å². The van der Waals surface area contributed by atoms with Crippen molar-refractivity contribution in [2.45, 2.75) is 32.4 Å². The minimum Gasteiger partial charge on any atom is -0.439 e. The summed E-state index contributed by atoms with van der Waals surface area (Å²) in [5.41, 5.74) is 3.60. The van der Waals surface area contributed by atoms with Crippen LogP contribution in [-0.4, -0.2) is 50.9 Å². The van der Waals surface area contributed by atoms with Gasteiger partial charge in [0.2, 0.25) is 5.88 Å². The third-order valence-electron chi connectivity index (χ3n) is 6.33. The number of aromatic nitrogens is 3. The van der Waals surface area contributed by atoms with Crippen molar-refractivity contribution in [3.8, 4) is 11.6 Å². The fourth-order valence-corrected chi connectivity index (χ4v) is 5.08. The number of carbonyl (C=O) groups is 1. The van der Waals surface area contributed by atoms with Crippen molar-refractivity contribution in [2.75, 3.05) is 24.7 Å². The van der Waals surface area contributed by atoms with E-state index in [4.69, 9.17) is 4.74 Å². The second-order valence-electron chi connectivity index (χ2n) is 9.03. The number of likely N-dealkylation sites (tertiary alicyclic amines) is 1. The zero-order valence-corrected chi connectivity index (χ0v) is 21.3. The van der Waals surface area contributed by atoms with E-state index in [1.165, 1.54) is 0 Å². The fraction of sp³-hybridized carbons (Fsp3) is 0.296. The lowest BCUT2D eigenvalue weighted by molar-refractivity contribution is 0.199. The molecule has 0 atom stereocenters. The van der Waals surface area contributed by atoms with E-state index in [0.717, 1.165) is 60.3 Å². The SMILES string of the molecule is CSNC1CCN(Cc2cc(Oc3ccc4c(ccn4C(=O)Nc4cccc(C)c4)c3)ncn2)CC1. The van der Waals surface area contributed by atoms with Gasteiger partial charge in [-0.3, -0.25) is 14.2 Å². The molecule has 1 amide bonds. The van der Waals surface area contributed by atoms with Gasteiger partial charge in [-0.2, -0.15) is 0 Å². The van der Waals surface area contributed by atoms with Crippen molar-refractivity contribution in [1.82, 2.24) is 24.2 Å². The highest BCUT2D eigenvalue weighted by atomic mass is 32.2. The van der Waals surface area contributed by atoms with Crippen LogP contribution in [0.25, 0.3) is 10.9 Å². The summed E-state index contributed by atoms with van der Waals surface area (Å²) in [6, 6.07) is 17.6. The number of ether oxygens (including phenoxy) is 1. The van der Waals surface area contributed by atoms with Crippen molar-refractivity contribution in [1.29, 1.82) is 0 Å². The Balaban J connectivity index is 1.23. The molecule has 1 saturated heterocycles. The number of fused-ring (bicyclic) bond motifs is 1. The Kier molecular flexibility index (Phi) is 7.50. The molecule has 0 bridgehead atoms. The molecule has 2 aromatic heterocycles. The summed E-state index contributed by atoms with van der Waals surface area (Å²) in [5, 5.41) is 3.85. The number of nitrogens with zero attached hydrogens (tertiary/aromatic N) is 4. The largest absolute Gasteiger partial charge is 0.439 e. The van der Waals surface area contributed by atoms with E-state index < -0.39 is 0 Å². The molecule has 186 valence electrons. The Morgan fingerprint density at radius 3 is 2.78 bits per heavy atom. The number of anilines is 1. The van der Waals surface area contributed by atoms with Crippen LogP contribution < -0.4 is 14.8 Å². The summed E-state index contributed by atoms with van der Waals surface area (Å²) in [5.74, 6) is 1.17. The molecule has 36 heavy (non-hydrogen) atoms. The summed E-state index contributed by atoms with van der Waals surface area (Å²) in [6.07, 6.45) is 7.67. The van der Waals surface area contributed by atoms with Crippen molar-refractivity contribution >= 4 is 34.6 Å². The molecule has 4 aromatic rings. The summed E-state index contributed by atoms with van der Waals surface area (Å²) < 4.78 is 11.1. The number of nitrogens with one attached hydrogen (secondary N) is 2. The van der Waals surface area contributed by atoms with Gasteiger partial charge in [0, 0.05) is 49.0 Å². The van der Waals surface area contributed by atoms with Gasteiger partial charge in [0.25, 0.3) is 0 Å². The van der Waals surface area contributed by atoms with Gasteiger partial charge in [0.1, 0.15) is 12.1 Å². The third-order valence-corrected chi connectivity index (χ3v) is 6.90. The van der Waals surface area contributed by atoms with Crippen LogP contribution in [0.15, 0.2) is 67.1 Å². The first-order valence-electron chi connectivity index (χ1n) is 12.1. The molecule has 9 heteroatoms. The zero-order chi connectivity index (χ0) is 24.9. The number of hydrogen-bond donors (Lipinski definition) is 2. The molecular weight excluding hydrogens is 472 g/mol. The van der Waals surface area contributed by atoms with Crippen molar-refractivity contribution in [3.63, 3.8) is 0 Å². The zero-order valence-electron chi connectivity index (χ0n) is 20.5. The van der Waals surface area contributed by atoms with Crippen LogP contribution in [0.1, 0.15) is 24.1 Å². The maximum absolute atomic E-state index is 12.8. The van der Waals surface area contributed by atoms with Crippen LogP contribution >= 0.6 is 11.9 Å². The van der Waals surface area contributed by atoms with E-state index in [9.17, 15) is 4.79 Å². The first kappa shape index (κ1) is 24.3. The van der Waals surface area contributed by atoms with Gasteiger partial charge in [-0.05, 0) is 68.0 Å². The monoisotopic (exact) mass is 502 g/mol. The van der Waals surface area contributed by atoms with Crippen LogP contribution in [0.2, 0.25) is 0 Å². The number of carbonyl (C=O) groups excluding carboxylic acids is 1. The van der Waals surface area contributed by atoms with Gasteiger partial charge in [-0.1, -0.05) is 24.1 Å². The number of hydrogen-bond acceptors (Lipinski definition) is 7. The van der Waals surface area contributed by atoms with E-state index in [1.807, 2.05) is 61.5 Å². The highest BCUT2D eigenvalue weighted by Crippen LogP contribution is 2.26. The average Bonchev–Trinajstić information content (AvgIpc) is 3.29. The maximum atomic E-state index is 12.8. The first-order valence-corrected chi connectivity index (χ1v) is 13.3. The summed E-state index contributed by atoms with van der Waals surface area (Å²) in [4.78, 5) is 24.0. The molecule has 0 radical (unpaired) electrons. The van der Waals surface area contributed by atoms with Gasteiger partial charge in [-0.25, -0.2) is 14.8 Å². The second kappa shape index (κ2) is 11.1. The van der Waals surface area contributed by atoms with Crippen LogP contribution in [0.3, 0.4) is 0 Å². The number of aryl methyl sites for hydroxylation is 1. The third kappa shape index (κ3) is 5.87. The Bertz CT molecular complexity index is 1350. The van der Waals surface area contributed by atoms with Crippen molar-refractivity contribution < 1.29 is 9.53 Å². The van der Waals surface area contributed by atoms with Crippen LogP contribution in [0.5, 0.6) is 11.6 Å². The van der Waals surface area contributed by atoms with E-state index in [-0.39, 0.29) is 6.03 Å². The minimum atomic E-state index is -0.210. The molecule has 0 saturated carbocycles. The standard InChI is InChI=1S/C27H30N6O2S/c1-19-4-3-5-22(14-19)30-27(34)33-13-8-20-15-24(6-7-25(20)33)35-26-16-23(28-18-29-26)17-32-11-9-21(10-12-32)31-36-2/h3-8,13-16,18,21,31H,9-12,17H2,1-2H3,(H,30,34). The van der Waals surface area contributed by atoms with E-state index in [1.54, 1.807) is 29.0 Å². The normalized spacial score (nSPS) is 14.7. The Hall–Kier alpha value is -3.40. The molecule has 0 aliphatic carbocycles. The van der Waals surface area contributed by atoms with Gasteiger partial charge < -0.3 is 10.1 Å². The fourth-order valence-electron chi connectivity index (χ4n) is 4.51. The lowest BCUT2D eigenvalue weighted by Crippen LogP contribution is -2.40. The number of amides is 1. The highest BCUT2D eigenvalue weighted by molar-refractivity contribution is 7.96. The average molecular weight is 503 g/mol. The minimum absolute atomic E-state index is 0.210. The predicted molar refractivity (Wildman–Crippen MR) is 145 cm³/mol. The van der Waals surface area contributed by atoms with Crippen LogP contribution in [-0.2, 0) is 6.54 Å². The number of rotatable bonds is 7. The Labute approximate surface area is 215 Å². The number of benzene rings is 2. The topological polar surface area (TPSA) is 84.3 Å². The second-order valence-corrected chi connectivity index (χ2v) is 9.67. The number of piperidine rings is 1. The first-order chi connectivity index (χ1) is 17.6. The Morgan fingerprint density at radius 2 is 1.97 bits per heavy atom. The van der Waals surface area contributed by atoms with Gasteiger partial charge in [-0.15, -0.1) is 0 Å². The molecular formula is C27H30N6O2S. The van der Waals surface area contributed by atoms with E-state index >= 15 is 0 Å². The maximum Gasteiger partial charge on any atom is 0.330 e. The molecule has 2 N–H and O–H groups in total. The smallest absolute Gasteiger partial charge is 0.330 e. The summed E-state index contributed by atoms with van der Waals surface area (Å²) >= 11 is 1.69. The molecule has 8 nitrogen and oxygen atoms in total. The van der Waals surface area contributed by atoms with E-state index in [2.05, 4.69) is 31.2 Å². The Morgan fingerprint density at radius 1 is 1.11 bits per heavy atom. The van der Waals surface area contributed by atoms with Crippen LogP contribution in [0, 0.1) is 6.92 Å². The van der Waals surface area contributed by atoms with Gasteiger partial charge in [0.15, 0.2) is 0 Å². The van der Waals surface area contributed by atoms with Crippen molar-refractivity contribution in [3.05, 3.63) is 78.4 Å². The lowest BCUT2D eigenvalue weighted by Gasteiger charge is -2.31. The van der Waals surface area contributed by atoms with Gasteiger partial charge in [0.05, 0.1) is 11.2 Å². The predicted octanol–water partition coefficient (Wildman–Crippen LogP) is 5.44. The quantitative estimate of drug-likeness (QED) is 0.325. The summed E-state index contributed by atoms with van der Waals surface area (Å²) in [6.45, 7) is 4.87. The molecule has 0 spiro atoms. The van der Waals surface area contributed by atoms with Gasteiger partial charge >= 0.3 is 6.03 Å². The summed E-state index contributed by atoms with van der Waals surface area (Å²) in [7, 11) is 0. The molecule has 5 rings (SSSR count). The molecule has 2 aromatic carbocycles. The van der Waals surface area contributed by atoms with Crippen LogP contribution in [0.4, 0.5) is 10.5 Å². The molecule has 1 fully saturated rings. The molecule has 3 heterocycles. The lowest BCUT2D eigenvalue weighted by atomic mass is 10.1. The molecule has 1 aliphatic rings.